The standard InChI is InChI=1S/C15H26N4O2/c1-6-19(7-2)9-11(5)17-12-8-16-14(10(3)4)18-13(12)15(20)21/h8,10-11,17H,6-7,9H2,1-5H3,(H,20,21). The quantitative estimate of drug-likeness (QED) is 0.766. The maximum Gasteiger partial charge on any atom is 0.356 e. The van der Waals surface area contributed by atoms with E-state index in [1.165, 1.54) is 0 Å². The number of carbonyl (C=O) groups is 1. The van der Waals surface area contributed by atoms with E-state index in [2.05, 4.69) is 34.0 Å². The highest BCUT2D eigenvalue weighted by molar-refractivity contribution is 5.91. The predicted molar refractivity (Wildman–Crippen MR) is 84.0 cm³/mol. The lowest BCUT2D eigenvalue weighted by molar-refractivity contribution is 0.0691. The van der Waals surface area contributed by atoms with Gasteiger partial charge < -0.3 is 15.3 Å². The number of hydrogen-bond acceptors (Lipinski definition) is 5. The van der Waals surface area contributed by atoms with Crippen LogP contribution in [-0.2, 0) is 0 Å². The van der Waals surface area contributed by atoms with Gasteiger partial charge in [0.1, 0.15) is 5.82 Å². The molecule has 0 saturated carbocycles. The highest BCUT2D eigenvalue weighted by Crippen LogP contribution is 2.17. The zero-order chi connectivity index (χ0) is 16.0. The van der Waals surface area contributed by atoms with E-state index in [4.69, 9.17) is 0 Å². The first-order chi connectivity index (χ1) is 9.88. The van der Waals surface area contributed by atoms with E-state index in [1.54, 1.807) is 6.20 Å². The van der Waals surface area contributed by atoms with Crippen LogP contribution in [0.3, 0.4) is 0 Å². The van der Waals surface area contributed by atoms with E-state index < -0.39 is 5.97 Å². The van der Waals surface area contributed by atoms with Crippen LogP contribution >= 0.6 is 0 Å². The average molecular weight is 294 g/mol. The number of carboxylic acids is 1. The third kappa shape index (κ3) is 4.97. The number of nitrogens with one attached hydrogen (secondary N) is 1. The van der Waals surface area contributed by atoms with E-state index in [9.17, 15) is 9.90 Å². The van der Waals surface area contributed by atoms with Crippen LogP contribution < -0.4 is 5.32 Å². The van der Waals surface area contributed by atoms with Crippen molar-refractivity contribution in [2.24, 2.45) is 0 Å². The maximum atomic E-state index is 11.4. The van der Waals surface area contributed by atoms with Gasteiger partial charge in [-0.2, -0.15) is 0 Å². The molecule has 1 heterocycles. The Balaban J connectivity index is 2.89. The highest BCUT2D eigenvalue weighted by Gasteiger charge is 2.17. The summed E-state index contributed by atoms with van der Waals surface area (Å²) in [7, 11) is 0. The van der Waals surface area contributed by atoms with Gasteiger partial charge in [-0.1, -0.05) is 27.7 Å². The van der Waals surface area contributed by atoms with Gasteiger partial charge in [-0.3, -0.25) is 0 Å². The highest BCUT2D eigenvalue weighted by atomic mass is 16.4. The summed E-state index contributed by atoms with van der Waals surface area (Å²) in [5.74, 6) is -0.378. The second kappa shape index (κ2) is 7.93. The lowest BCUT2D eigenvalue weighted by Gasteiger charge is -2.24. The van der Waals surface area contributed by atoms with Crippen LogP contribution in [0.5, 0.6) is 0 Å². The van der Waals surface area contributed by atoms with Crippen molar-refractivity contribution in [2.45, 2.75) is 46.6 Å². The molecule has 0 amide bonds. The van der Waals surface area contributed by atoms with Crippen molar-refractivity contribution >= 4 is 11.7 Å². The number of aromatic nitrogens is 2. The monoisotopic (exact) mass is 294 g/mol. The second-order valence-electron chi connectivity index (χ2n) is 5.48. The number of hydrogen-bond donors (Lipinski definition) is 2. The maximum absolute atomic E-state index is 11.4. The molecule has 0 aliphatic carbocycles. The smallest absolute Gasteiger partial charge is 0.356 e. The summed E-state index contributed by atoms with van der Waals surface area (Å²) in [5.41, 5.74) is 0.520. The SMILES string of the molecule is CCN(CC)CC(C)Nc1cnc(C(C)C)nc1C(=O)O. The fourth-order valence-corrected chi connectivity index (χ4v) is 2.12. The number of likely N-dealkylation sites (N-methyl/N-ethyl adjacent to an activating group) is 1. The zero-order valence-corrected chi connectivity index (χ0v) is 13.6. The van der Waals surface area contributed by atoms with Gasteiger partial charge in [-0.25, -0.2) is 14.8 Å². The molecule has 0 aliphatic heterocycles. The molecular formula is C15H26N4O2. The molecular weight excluding hydrogens is 268 g/mol. The van der Waals surface area contributed by atoms with Gasteiger partial charge in [0.15, 0.2) is 5.69 Å². The molecule has 118 valence electrons. The van der Waals surface area contributed by atoms with Crippen molar-refractivity contribution in [1.29, 1.82) is 0 Å². The Morgan fingerprint density at radius 2 is 1.95 bits per heavy atom. The summed E-state index contributed by atoms with van der Waals surface area (Å²) >= 11 is 0. The van der Waals surface area contributed by atoms with E-state index in [-0.39, 0.29) is 17.7 Å². The van der Waals surface area contributed by atoms with Crippen LogP contribution in [-0.4, -0.2) is 51.6 Å². The first kappa shape index (κ1) is 17.4. The number of rotatable bonds is 8. The first-order valence-electron chi connectivity index (χ1n) is 7.48. The third-order valence-electron chi connectivity index (χ3n) is 3.35. The molecule has 0 aliphatic rings. The molecule has 1 atom stereocenters. The molecule has 1 aromatic heterocycles. The van der Waals surface area contributed by atoms with Crippen molar-refractivity contribution in [3.63, 3.8) is 0 Å². The molecule has 0 aromatic carbocycles. The third-order valence-corrected chi connectivity index (χ3v) is 3.35. The Hall–Kier alpha value is -1.69. The van der Waals surface area contributed by atoms with Gasteiger partial charge in [0.2, 0.25) is 0 Å². The van der Waals surface area contributed by atoms with Gasteiger partial charge in [-0.15, -0.1) is 0 Å². The fraction of sp³-hybridized carbons (Fsp3) is 0.667. The van der Waals surface area contributed by atoms with Crippen molar-refractivity contribution < 1.29 is 9.90 Å². The lowest BCUT2D eigenvalue weighted by Crippen LogP contribution is -2.35. The van der Waals surface area contributed by atoms with Crippen LogP contribution in [0, 0.1) is 0 Å². The Bertz CT molecular complexity index is 473. The Labute approximate surface area is 126 Å². The first-order valence-corrected chi connectivity index (χ1v) is 7.48. The topological polar surface area (TPSA) is 78.3 Å². The minimum absolute atomic E-state index is 0.0418. The van der Waals surface area contributed by atoms with Crippen molar-refractivity contribution in [1.82, 2.24) is 14.9 Å². The summed E-state index contributed by atoms with van der Waals surface area (Å²) in [6, 6.07) is 0.122. The Morgan fingerprint density at radius 1 is 1.33 bits per heavy atom. The van der Waals surface area contributed by atoms with Crippen LogP contribution in [0.1, 0.15) is 56.8 Å². The van der Waals surface area contributed by atoms with Crippen molar-refractivity contribution in [2.75, 3.05) is 25.0 Å². The molecule has 1 rings (SSSR count). The molecule has 0 bridgehead atoms. The second-order valence-corrected chi connectivity index (χ2v) is 5.48. The number of nitrogens with zero attached hydrogens (tertiary/aromatic N) is 3. The summed E-state index contributed by atoms with van der Waals surface area (Å²) in [6.45, 7) is 12.9. The van der Waals surface area contributed by atoms with E-state index >= 15 is 0 Å². The van der Waals surface area contributed by atoms with Crippen molar-refractivity contribution in [3.8, 4) is 0 Å². The molecule has 6 nitrogen and oxygen atoms in total. The van der Waals surface area contributed by atoms with Crippen LogP contribution in [0.2, 0.25) is 0 Å². The van der Waals surface area contributed by atoms with Gasteiger partial charge >= 0.3 is 5.97 Å². The summed E-state index contributed by atoms with van der Waals surface area (Å²) < 4.78 is 0. The van der Waals surface area contributed by atoms with Gasteiger partial charge in [0.25, 0.3) is 0 Å². The van der Waals surface area contributed by atoms with E-state index in [1.807, 2.05) is 20.8 Å². The van der Waals surface area contributed by atoms with E-state index in [0.717, 1.165) is 19.6 Å². The van der Waals surface area contributed by atoms with Crippen LogP contribution in [0.25, 0.3) is 0 Å². The predicted octanol–water partition coefficient (Wildman–Crippen LogP) is 2.44. The van der Waals surface area contributed by atoms with Gasteiger partial charge in [0, 0.05) is 18.5 Å². The molecule has 6 heteroatoms. The zero-order valence-electron chi connectivity index (χ0n) is 13.6. The summed E-state index contributed by atoms with van der Waals surface area (Å²) in [6.07, 6.45) is 1.57. The molecule has 0 fully saturated rings. The lowest BCUT2D eigenvalue weighted by atomic mass is 10.2. The van der Waals surface area contributed by atoms with Gasteiger partial charge in [0.05, 0.1) is 11.9 Å². The minimum Gasteiger partial charge on any atom is -0.476 e. The minimum atomic E-state index is -1.03. The largest absolute Gasteiger partial charge is 0.476 e. The van der Waals surface area contributed by atoms with Crippen molar-refractivity contribution in [3.05, 3.63) is 17.7 Å². The van der Waals surface area contributed by atoms with Gasteiger partial charge in [-0.05, 0) is 20.0 Å². The molecule has 0 radical (unpaired) electrons. The average Bonchev–Trinajstić information content (AvgIpc) is 2.44. The molecule has 0 saturated heterocycles. The van der Waals surface area contributed by atoms with Crippen LogP contribution in [0.4, 0.5) is 5.69 Å². The number of carboxylic acid groups (broad SMARTS) is 1. The summed E-state index contributed by atoms with van der Waals surface area (Å²) in [4.78, 5) is 22.1. The molecule has 1 unspecified atom stereocenters. The Morgan fingerprint density at radius 3 is 2.43 bits per heavy atom. The number of anilines is 1. The summed E-state index contributed by atoms with van der Waals surface area (Å²) in [5, 5.41) is 12.5. The van der Waals surface area contributed by atoms with E-state index in [0.29, 0.717) is 11.5 Å². The molecule has 2 N–H and O–H groups in total. The molecule has 0 spiro atoms. The fourth-order valence-electron chi connectivity index (χ4n) is 2.12. The normalized spacial score (nSPS) is 12.7. The number of aromatic carboxylic acids is 1. The van der Waals surface area contributed by atoms with Crippen LogP contribution in [0.15, 0.2) is 6.20 Å². The Kier molecular flexibility index (Phi) is 6.55. The molecule has 21 heavy (non-hydrogen) atoms. The molecule has 1 aromatic rings.